The molecular formula is C16H23ClN4O3. The first-order valence-corrected chi connectivity index (χ1v) is 8.20. The third-order valence-electron chi connectivity index (χ3n) is 4.56. The van der Waals surface area contributed by atoms with E-state index in [4.69, 9.17) is 0 Å². The molecule has 24 heavy (non-hydrogen) atoms. The molecule has 2 saturated heterocycles. The second-order valence-corrected chi connectivity index (χ2v) is 6.15. The van der Waals surface area contributed by atoms with E-state index in [1.165, 1.54) is 6.07 Å². The number of halogens is 1. The Bertz CT molecular complexity index is 599. The van der Waals surface area contributed by atoms with Crippen molar-refractivity contribution in [2.24, 2.45) is 0 Å². The Hall–Kier alpha value is -1.86. The molecule has 2 fully saturated rings. The van der Waals surface area contributed by atoms with Crippen LogP contribution in [0.2, 0.25) is 0 Å². The topological polar surface area (TPSA) is 87.5 Å². The van der Waals surface area contributed by atoms with Crippen molar-refractivity contribution in [1.82, 2.24) is 10.6 Å². The van der Waals surface area contributed by atoms with Crippen LogP contribution in [0, 0.1) is 10.1 Å². The number of nitro benzene ring substituents is 1. The van der Waals surface area contributed by atoms with Crippen LogP contribution in [0.25, 0.3) is 0 Å². The summed E-state index contributed by atoms with van der Waals surface area (Å²) in [5.74, 6) is -0.229. The van der Waals surface area contributed by atoms with Gasteiger partial charge in [-0.2, -0.15) is 0 Å². The maximum atomic E-state index is 12.4. The van der Waals surface area contributed by atoms with Gasteiger partial charge in [0.15, 0.2) is 0 Å². The highest BCUT2D eigenvalue weighted by molar-refractivity contribution is 5.96. The van der Waals surface area contributed by atoms with Crippen LogP contribution in [0.5, 0.6) is 0 Å². The summed E-state index contributed by atoms with van der Waals surface area (Å²) in [6.45, 7) is 3.45. The monoisotopic (exact) mass is 354 g/mol. The number of hydrogen-bond donors (Lipinski definition) is 2. The zero-order valence-electron chi connectivity index (χ0n) is 13.5. The number of rotatable bonds is 4. The lowest BCUT2D eigenvalue weighted by molar-refractivity contribution is -0.384. The molecule has 0 spiro atoms. The zero-order chi connectivity index (χ0) is 16.2. The van der Waals surface area contributed by atoms with Crippen LogP contribution in [0.3, 0.4) is 0 Å². The van der Waals surface area contributed by atoms with E-state index in [2.05, 4.69) is 10.6 Å². The quantitative estimate of drug-likeness (QED) is 0.638. The van der Waals surface area contributed by atoms with Gasteiger partial charge in [-0.3, -0.25) is 14.9 Å². The molecule has 7 nitrogen and oxygen atoms in total. The summed E-state index contributed by atoms with van der Waals surface area (Å²) in [5.41, 5.74) is 0.994. The number of nitrogens with zero attached hydrogens (tertiary/aromatic N) is 2. The first-order chi connectivity index (χ1) is 11.1. The van der Waals surface area contributed by atoms with Crippen LogP contribution in [0.4, 0.5) is 11.4 Å². The lowest BCUT2D eigenvalue weighted by atomic mass is 10.1. The van der Waals surface area contributed by atoms with Gasteiger partial charge in [-0.25, -0.2) is 0 Å². The number of carbonyl (C=O) groups excluding carboxylic acids is 1. The molecule has 1 aromatic carbocycles. The molecule has 0 unspecified atom stereocenters. The van der Waals surface area contributed by atoms with Gasteiger partial charge in [-0.15, -0.1) is 12.4 Å². The largest absolute Gasteiger partial charge is 0.366 e. The lowest BCUT2D eigenvalue weighted by Crippen LogP contribution is -2.42. The molecule has 132 valence electrons. The van der Waals surface area contributed by atoms with Crippen LogP contribution in [0.15, 0.2) is 18.2 Å². The predicted molar refractivity (Wildman–Crippen MR) is 95.1 cm³/mol. The highest BCUT2D eigenvalue weighted by Gasteiger charge is 2.24. The summed E-state index contributed by atoms with van der Waals surface area (Å²) < 4.78 is 0. The summed E-state index contributed by atoms with van der Waals surface area (Å²) in [5, 5.41) is 17.6. The van der Waals surface area contributed by atoms with Gasteiger partial charge >= 0.3 is 0 Å². The van der Waals surface area contributed by atoms with Gasteiger partial charge in [-0.05, 0) is 50.9 Å². The van der Waals surface area contributed by atoms with Gasteiger partial charge < -0.3 is 15.5 Å². The lowest BCUT2D eigenvalue weighted by Gasteiger charge is -2.24. The predicted octanol–water partition coefficient (Wildman–Crippen LogP) is 2.10. The van der Waals surface area contributed by atoms with E-state index in [1.807, 2.05) is 4.90 Å². The minimum absolute atomic E-state index is 0. The summed E-state index contributed by atoms with van der Waals surface area (Å²) in [6.07, 6.45) is 3.88. The van der Waals surface area contributed by atoms with Crippen molar-refractivity contribution in [3.05, 3.63) is 33.9 Å². The van der Waals surface area contributed by atoms with Gasteiger partial charge in [0.25, 0.3) is 11.6 Å². The molecule has 0 aliphatic carbocycles. The molecule has 2 N–H and O–H groups in total. The van der Waals surface area contributed by atoms with Crippen LogP contribution in [-0.2, 0) is 0 Å². The number of amides is 1. The third-order valence-corrected chi connectivity index (χ3v) is 4.56. The smallest absolute Gasteiger partial charge is 0.293 e. The van der Waals surface area contributed by atoms with Gasteiger partial charge in [0, 0.05) is 30.8 Å². The van der Waals surface area contributed by atoms with Crippen LogP contribution >= 0.6 is 12.4 Å². The van der Waals surface area contributed by atoms with Crippen LogP contribution in [0.1, 0.15) is 36.0 Å². The molecular weight excluding hydrogens is 332 g/mol. The van der Waals surface area contributed by atoms with Crippen LogP contribution in [-0.4, -0.2) is 43.1 Å². The van der Waals surface area contributed by atoms with Crippen molar-refractivity contribution in [1.29, 1.82) is 0 Å². The first kappa shape index (κ1) is 18.5. The summed E-state index contributed by atoms with van der Waals surface area (Å²) in [4.78, 5) is 25.4. The molecule has 2 aliphatic rings. The van der Waals surface area contributed by atoms with Gasteiger partial charge in [-0.1, -0.05) is 0 Å². The second-order valence-electron chi connectivity index (χ2n) is 6.15. The Kier molecular flexibility index (Phi) is 6.39. The van der Waals surface area contributed by atoms with E-state index in [0.29, 0.717) is 11.3 Å². The average molecular weight is 355 g/mol. The van der Waals surface area contributed by atoms with Crippen molar-refractivity contribution in [2.45, 2.75) is 31.7 Å². The SMILES string of the molecule is Cl.O=C(NC1CCNCC1)c1ccc(N2CCCC2)c([N+](=O)[O-])c1. The highest BCUT2D eigenvalue weighted by Crippen LogP contribution is 2.31. The fourth-order valence-corrected chi connectivity index (χ4v) is 3.27. The van der Waals surface area contributed by atoms with Crippen molar-refractivity contribution < 1.29 is 9.72 Å². The van der Waals surface area contributed by atoms with Crippen molar-refractivity contribution in [3.63, 3.8) is 0 Å². The number of nitro groups is 1. The normalized spacial score (nSPS) is 18.1. The van der Waals surface area contributed by atoms with E-state index in [1.54, 1.807) is 12.1 Å². The molecule has 8 heteroatoms. The number of carbonyl (C=O) groups is 1. The minimum Gasteiger partial charge on any atom is -0.366 e. The molecule has 3 rings (SSSR count). The minimum atomic E-state index is -0.394. The molecule has 0 aromatic heterocycles. The highest BCUT2D eigenvalue weighted by atomic mass is 35.5. The zero-order valence-corrected chi connectivity index (χ0v) is 14.3. The fraction of sp³-hybridized carbons (Fsp3) is 0.562. The molecule has 0 radical (unpaired) electrons. The van der Waals surface area contributed by atoms with Gasteiger partial charge in [0.05, 0.1) is 4.92 Å². The summed E-state index contributed by atoms with van der Waals surface area (Å²) in [6, 6.07) is 4.95. The fourth-order valence-electron chi connectivity index (χ4n) is 3.27. The number of benzene rings is 1. The number of nitrogens with one attached hydrogen (secondary N) is 2. The Morgan fingerprint density at radius 2 is 1.92 bits per heavy atom. The van der Waals surface area contributed by atoms with E-state index in [0.717, 1.165) is 51.9 Å². The summed E-state index contributed by atoms with van der Waals surface area (Å²) >= 11 is 0. The van der Waals surface area contributed by atoms with Crippen molar-refractivity contribution >= 4 is 29.7 Å². The first-order valence-electron chi connectivity index (χ1n) is 8.20. The average Bonchev–Trinajstić information content (AvgIpc) is 3.09. The Morgan fingerprint density at radius 1 is 1.25 bits per heavy atom. The molecule has 0 atom stereocenters. The molecule has 1 aromatic rings. The van der Waals surface area contributed by atoms with E-state index < -0.39 is 4.92 Å². The maximum Gasteiger partial charge on any atom is 0.293 e. The molecule has 1 amide bonds. The van der Waals surface area contributed by atoms with E-state index >= 15 is 0 Å². The second kappa shape index (κ2) is 8.30. The van der Waals surface area contributed by atoms with Crippen molar-refractivity contribution in [3.8, 4) is 0 Å². The molecule has 2 aliphatic heterocycles. The summed E-state index contributed by atoms with van der Waals surface area (Å²) in [7, 11) is 0. The van der Waals surface area contributed by atoms with E-state index in [-0.39, 0.29) is 30.0 Å². The molecule has 0 saturated carbocycles. The Balaban J connectivity index is 0.00000208. The van der Waals surface area contributed by atoms with E-state index in [9.17, 15) is 14.9 Å². The van der Waals surface area contributed by atoms with Crippen LogP contribution < -0.4 is 15.5 Å². The molecule has 2 heterocycles. The Labute approximate surface area is 147 Å². The number of hydrogen-bond acceptors (Lipinski definition) is 5. The third kappa shape index (κ3) is 4.15. The molecule has 0 bridgehead atoms. The number of anilines is 1. The maximum absolute atomic E-state index is 12.4. The Morgan fingerprint density at radius 3 is 2.54 bits per heavy atom. The van der Waals surface area contributed by atoms with Gasteiger partial charge in [0.1, 0.15) is 5.69 Å². The van der Waals surface area contributed by atoms with Gasteiger partial charge in [0.2, 0.25) is 0 Å². The standard InChI is InChI=1S/C16H22N4O3.ClH/c21-16(18-13-5-7-17-8-6-13)12-3-4-14(15(11-12)20(22)23)19-9-1-2-10-19;/h3-4,11,13,17H,1-2,5-10H2,(H,18,21);1H. The van der Waals surface area contributed by atoms with Crippen molar-refractivity contribution in [2.75, 3.05) is 31.1 Å². The number of piperidine rings is 1.